The van der Waals surface area contributed by atoms with Crippen molar-refractivity contribution in [3.8, 4) is 0 Å². The van der Waals surface area contributed by atoms with E-state index in [4.69, 9.17) is 0 Å². The van der Waals surface area contributed by atoms with Crippen LogP contribution in [0.1, 0.15) is 20.8 Å². The van der Waals surface area contributed by atoms with Gasteiger partial charge in [-0.1, -0.05) is 26.0 Å². The summed E-state index contributed by atoms with van der Waals surface area (Å²) in [7, 11) is 2.15. The highest BCUT2D eigenvalue weighted by molar-refractivity contribution is 4.91. The van der Waals surface area contributed by atoms with E-state index in [1.54, 1.807) is 0 Å². The van der Waals surface area contributed by atoms with E-state index in [2.05, 4.69) is 44.6 Å². The molecule has 0 heterocycles. The van der Waals surface area contributed by atoms with Gasteiger partial charge in [0.1, 0.15) is 0 Å². The average Bonchev–Trinajstić information content (AvgIpc) is 1.98. The normalized spacial score (nSPS) is 13.3. The molecule has 0 saturated heterocycles. The maximum atomic E-state index is 3.91. The van der Waals surface area contributed by atoms with E-state index in [0.717, 1.165) is 26.2 Å². The van der Waals surface area contributed by atoms with Gasteiger partial charge in [-0.25, -0.2) is 0 Å². The number of nitrogens with zero attached hydrogens (tertiary/aromatic N) is 1. The van der Waals surface area contributed by atoms with Crippen LogP contribution in [0.4, 0.5) is 0 Å². The predicted octanol–water partition coefficient (Wildman–Crippen LogP) is 1.74. The Morgan fingerprint density at radius 3 is 2.62 bits per heavy atom. The average molecular weight is 184 g/mol. The molecule has 0 aliphatic carbocycles. The van der Waals surface area contributed by atoms with Crippen molar-refractivity contribution in [2.75, 3.05) is 33.2 Å². The van der Waals surface area contributed by atoms with Crippen LogP contribution in [0.15, 0.2) is 12.2 Å². The third kappa shape index (κ3) is 8.00. The van der Waals surface area contributed by atoms with Gasteiger partial charge in [-0.2, -0.15) is 0 Å². The van der Waals surface area contributed by atoms with E-state index in [-0.39, 0.29) is 0 Å². The largest absolute Gasteiger partial charge is 0.317 e. The molecule has 0 aromatic heterocycles. The molecule has 1 unspecified atom stereocenters. The smallest absolute Gasteiger partial charge is 0.0184 e. The Kier molecular flexibility index (Phi) is 6.92. The molecular weight excluding hydrogens is 160 g/mol. The van der Waals surface area contributed by atoms with Crippen molar-refractivity contribution in [2.24, 2.45) is 5.92 Å². The van der Waals surface area contributed by atoms with Crippen LogP contribution < -0.4 is 5.32 Å². The second-order valence-electron chi connectivity index (χ2n) is 4.07. The van der Waals surface area contributed by atoms with E-state index in [1.807, 2.05) is 0 Å². The van der Waals surface area contributed by atoms with Crippen molar-refractivity contribution in [3.63, 3.8) is 0 Å². The molecule has 0 spiro atoms. The van der Waals surface area contributed by atoms with Crippen molar-refractivity contribution in [3.05, 3.63) is 12.2 Å². The van der Waals surface area contributed by atoms with E-state index in [1.165, 1.54) is 5.57 Å². The second kappa shape index (κ2) is 7.10. The molecule has 0 bridgehead atoms. The Hall–Kier alpha value is -0.340. The molecule has 0 rings (SSSR count). The molecule has 1 N–H and O–H groups in total. The summed E-state index contributed by atoms with van der Waals surface area (Å²) in [6.45, 7) is 14.7. The van der Waals surface area contributed by atoms with Crippen LogP contribution in [0.5, 0.6) is 0 Å². The number of nitrogens with one attached hydrogen (secondary N) is 1. The quantitative estimate of drug-likeness (QED) is 0.606. The molecule has 0 aliphatic rings. The monoisotopic (exact) mass is 184 g/mol. The summed E-state index contributed by atoms with van der Waals surface area (Å²) >= 11 is 0. The molecule has 0 aliphatic heterocycles. The van der Waals surface area contributed by atoms with Crippen LogP contribution in [0, 0.1) is 5.92 Å². The van der Waals surface area contributed by atoms with E-state index in [0.29, 0.717) is 5.92 Å². The maximum Gasteiger partial charge on any atom is 0.0184 e. The Labute approximate surface area is 83.0 Å². The minimum absolute atomic E-state index is 0.712. The Bertz CT molecular complexity index is 143. The molecule has 13 heavy (non-hydrogen) atoms. The van der Waals surface area contributed by atoms with Gasteiger partial charge in [-0.3, -0.25) is 0 Å². The minimum atomic E-state index is 0.712. The number of hydrogen-bond donors (Lipinski definition) is 1. The first-order chi connectivity index (χ1) is 6.06. The molecule has 2 nitrogen and oxygen atoms in total. The van der Waals surface area contributed by atoms with Crippen LogP contribution in [-0.4, -0.2) is 38.1 Å². The molecule has 0 radical (unpaired) electrons. The molecule has 0 aromatic rings. The first-order valence-corrected chi connectivity index (χ1v) is 5.09. The predicted molar refractivity (Wildman–Crippen MR) is 60.0 cm³/mol. The molecule has 0 saturated carbocycles. The van der Waals surface area contributed by atoms with E-state index < -0.39 is 0 Å². The fourth-order valence-electron chi connectivity index (χ4n) is 1.51. The highest BCUT2D eigenvalue weighted by Gasteiger charge is 2.05. The minimum Gasteiger partial charge on any atom is -0.317 e. The van der Waals surface area contributed by atoms with Gasteiger partial charge >= 0.3 is 0 Å². The molecule has 1 atom stereocenters. The fraction of sp³-hybridized carbons (Fsp3) is 0.818. The summed E-state index contributed by atoms with van der Waals surface area (Å²) in [4.78, 5) is 2.32. The summed E-state index contributed by atoms with van der Waals surface area (Å²) in [5, 5.41) is 3.36. The Morgan fingerprint density at radius 2 is 2.15 bits per heavy atom. The van der Waals surface area contributed by atoms with Crippen molar-refractivity contribution >= 4 is 0 Å². The van der Waals surface area contributed by atoms with Crippen LogP contribution in [0.25, 0.3) is 0 Å². The lowest BCUT2D eigenvalue weighted by atomic mass is 10.1. The summed E-state index contributed by atoms with van der Waals surface area (Å²) in [5.41, 5.74) is 1.23. The summed E-state index contributed by atoms with van der Waals surface area (Å²) in [6, 6.07) is 0. The highest BCUT2D eigenvalue weighted by Crippen LogP contribution is 1.99. The third-order valence-corrected chi connectivity index (χ3v) is 1.91. The van der Waals surface area contributed by atoms with Gasteiger partial charge in [0.05, 0.1) is 0 Å². The number of likely N-dealkylation sites (N-methyl/N-ethyl adjacent to an activating group) is 1. The first-order valence-electron chi connectivity index (χ1n) is 5.09. The summed E-state index contributed by atoms with van der Waals surface area (Å²) < 4.78 is 0. The van der Waals surface area contributed by atoms with Gasteiger partial charge in [0.25, 0.3) is 0 Å². The Morgan fingerprint density at radius 1 is 1.54 bits per heavy atom. The molecule has 0 fully saturated rings. The van der Waals surface area contributed by atoms with Crippen molar-refractivity contribution < 1.29 is 0 Å². The fourth-order valence-corrected chi connectivity index (χ4v) is 1.51. The second-order valence-corrected chi connectivity index (χ2v) is 4.07. The zero-order valence-electron chi connectivity index (χ0n) is 9.56. The topological polar surface area (TPSA) is 15.3 Å². The molecule has 78 valence electrons. The standard InChI is InChI=1S/C11H24N2/c1-6-12-7-11(4)9-13(5)8-10(2)3/h11-12H,2,6-9H2,1,3-5H3. The third-order valence-electron chi connectivity index (χ3n) is 1.91. The lowest BCUT2D eigenvalue weighted by molar-refractivity contribution is 0.301. The van der Waals surface area contributed by atoms with Gasteiger partial charge in [0, 0.05) is 13.1 Å². The lowest BCUT2D eigenvalue weighted by Crippen LogP contribution is -2.31. The van der Waals surface area contributed by atoms with Gasteiger partial charge in [0.15, 0.2) is 0 Å². The first kappa shape index (κ1) is 12.7. The van der Waals surface area contributed by atoms with Gasteiger partial charge in [-0.05, 0) is 33.0 Å². The zero-order valence-corrected chi connectivity index (χ0v) is 9.56. The van der Waals surface area contributed by atoms with Crippen molar-refractivity contribution in [2.45, 2.75) is 20.8 Å². The molecule has 0 aromatic carbocycles. The molecular formula is C11H24N2. The molecule has 2 heteroatoms. The number of hydrogen-bond acceptors (Lipinski definition) is 2. The van der Waals surface area contributed by atoms with Gasteiger partial charge in [0.2, 0.25) is 0 Å². The van der Waals surface area contributed by atoms with Crippen LogP contribution in [-0.2, 0) is 0 Å². The van der Waals surface area contributed by atoms with Gasteiger partial charge < -0.3 is 10.2 Å². The van der Waals surface area contributed by atoms with Crippen molar-refractivity contribution in [1.82, 2.24) is 10.2 Å². The number of rotatable bonds is 7. The van der Waals surface area contributed by atoms with E-state index >= 15 is 0 Å². The lowest BCUT2D eigenvalue weighted by Gasteiger charge is -2.21. The van der Waals surface area contributed by atoms with Crippen LogP contribution in [0.2, 0.25) is 0 Å². The Balaban J connectivity index is 3.52. The SMILES string of the molecule is C=C(C)CN(C)CC(C)CNCC. The van der Waals surface area contributed by atoms with Crippen molar-refractivity contribution in [1.29, 1.82) is 0 Å². The van der Waals surface area contributed by atoms with Gasteiger partial charge in [-0.15, -0.1) is 0 Å². The maximum absolute atomic E-state index is 3.91. The van der Waals surface area contributed by atoms with Crippen LogP contribution in [0.3, 0.4) is 0 Å². The summed E-state index contributed by atoms with van der Waals surface area (Å²) in [5.74, 6) is 0.712. The van der Waals surface area contributed by atoms with E-state index in [9.17, 15) is 0 Å². The highest BCUT2D eigenvalue weighted by atomic mass is 15.1. The summed E-state index contributed by atoms with van der Waals surface area (Å²) in [6.07, 6.45) is 0. The molecule has 0 amide bonds. The zero-order chi connectivity index (χ0) is 10.3. The van der Waals surface area contributed by atoms with Crippen LogP contribution >= 0.6 is 0 Å².